The van der Waals surface area contributed by atoms with Crippen LogP contribution in [0.2, 0.25) is 0 Å². The van der Waals surface area contributed by atoms with Crippen molar-refractivity contribution in [1.29, 1.82) is 0 Å². The predicted molar refractivity (Wildman–Crippen MR) is 86.9 cm³/mol. The first-order valence-electron chi connectivity index (χ1n) is 8.16. The minimum Gasteiger partial charge on any atom is -0.374 e. The number of rotatable bonds is 3. The van der Waals surface area contributed by atoms with Crippen molar-refractivity contribution >= 4 is 22.1 Å². The van der Waals surface area contributed by atoms with Gasteiger partial charge in [0.15, 0.2) is 0 Å². The molecule has 4 rings (SSSR count). The molecule has 1 unspecified atom stereocenters. The summed E-state index contributed by atoms with van der Waals surface area (Å²) in [5, 5.41) is 1.16. The molecule has 5 nitrogen and oxygen atoms in total. The molecule has 0 spiro atoms. The van der Waals surface area contributed by atoms with E-state index in [2.05, 4.69) is 27.5 Å². The fourth-order valence-corrected chi connectivity index (χ4v) is 3.71. The van der Waals surface area contributed by atoms with Crippen LogP contribution < -0.4 is 0 Å². The first kappa shape index (κ1) is 13.8. The van der Waals surface area contributed by atoms with E-state index in [1.807, 2.05) is 12.4 Å². The van der Waals surface area contributed by atoms with Crippen molar-refractivity contribution in [2.24, 2.45) is 0 Å². The van der Waals surface area contributed by atoms with E-state index in [1.165, 1.54) is 37.6 Å². The summed E-state index contributed by atoms with van der Waals surface area (Å²) in [7, 11) is 1.75. The molecule has 116 valence electrons. The zero-order valence-corrected chi connectivity index (χ0v) is 13.2. The zero-order chi connectivity index (χ0) is 15.1. The van der Waals surface area contributed by atoms with Gasteiger partial charge in [-0.15, -0.1) is 0 Å². The molecule has 3 aromatic rings. The third-order valence-corrected chi connectivity index (χ3v) is 4.92. The second-order valence-corrected chi connectivity index (χ2v) is 6.24. The number of methoxy groups -OCH3 is 1. The highest BCUT2D eigenvalue weighted by atomic mass is 16.5. The number of nitrogens with one attached hydrogen (secondary N) is 1. The average Bonchev–Trinajstić information content (AvgIpc) is 3.18. The maximum atomic E-state index is 5.58. The van der Waals surface area contributed by atoms with Crippen molar-refractivity contribution < 1.29 is 4.74 Å². The van der Waals surface area contributed by atoms with Crippen LogP contribution in [0, 0.1) is 0 Å². The number of imidazole rings is 1. The molecule has 0 radical (unpaired) electrons. The SMILES string of the molecule is COC(C)c1nc2cnc3[nH]ccc3c2n1C1CCCCC1. The van der Waals surface area contributed by atoms with Gasteiger partial charge in [-0.2, -0.15) is 0 Å². The molecule has 0 amide bonds. The molecule has 0 aromatic carbocycles. The molecule has 3 aromatic heterocycles. The first-order valence-corrected chi connectivity index (χ1v) is 8.16. The second-order valence-electron chi connectivity index (χ2n) is 6.24. The fraction of sp³-hybridized carbons (Fsp3) is 0.529. The summed E-state index contributed by atoms with van der Waals surface area (Å²) in [5.74, 6) is 1.03. The van der Waals surface area contributed by atoms with Crippen molar-refractivity contribution in [3.8, 4) is 0 Å². The van der Waals surface area contributed by atoms with Gasteiger partial charge in [-0.3, -0.25) is 0 Å². The maximum absolute atomic E-state index is 5.58. The van der Waals surface area contributed by atoms with Crippen molar-refractivity contribution in [2.75, 3.05) is 7.11 Å². The van der Waals surface area contributed by atoms with E-state index in [1.54, 1.807) is 7.11 Å². The quantitative estimate of drug-likeness (QED) is 0.791. The molecule has 1 atom stereocenters. The number of hydrogen-bond acceptors (Lipinski definition) is 3. The normalized spacial score (nSPS) is 18.3. The van der Waals surface area contributed by atoms with Gasteiger partial charge in [0, 0.05) is 24.7 Å². The number of hydrogen-bond donors (Lipinski definition) is 1. The monoisotopic (exact) mass is 298 g/mol. The lowest BCUT2D eigenvalue weighted by molar-refractivity contribution is 0.106. The van der Waals surface area contributed by atoms with E-state index >= 15 is 0 Å². The smallest absolute Gasteiger partial charge is 0.139 e. The van der Waals surface area contributed by atoms with Gasteiger partial charge < -0.3 is 14.3 Å². The van der Waals surface area contributed by atoms with Gasteiger partial charge in [-0.05, 0) is 25.8 Å². The van der Waals surface area contributed by atoms with Gasteiger partial charge in [0.05, 0.1) is 11.7 Å². The Bertz CT molecular complexity index is 798. The Morgan fingerprint density at radius 2 is 2.14 bits per heavy atom. The molecule has 1 aliphatic carbocycles. The Morgan fingerprint density at radius 3 is 2.91 bits per heavy atom. The Kier molecular flexibility index (Phi) is 3.37. The highest BCUT2D eigenvalue weighted by Crippen LogP contribution is 2.36. The lowest BCUT2D eigenvalue weighted by Crippen LogP contribution is -2.17. The van der Waals surface area contributed by atoms with Gasteiger partial charge in [0.1, 0.15) is 23.1 Å². The molecule has 1 N–H and O–H groups in total. The van der Waals surface area contributed by atoms with Crippen LogP contribution in [-0.2, 0) is 4.74 Å². The van der Waals surface area contributed by atoms with Crippen LogP contribution in [0.15, 0.2) is 18.5 Å². The molecule has 3 heterocycles. The van der Waals surface area contributed by atoms with Crippen molar-refractivity contribution in [1.82, 2.24) is 19.5 Å². The van der Waals surface area contributed by atoms with Crippen LogP contribution in [0.4, 0.5) is 0 Å². The summed E-state index contributed by atoms with van der Waals surface area (Å²) in [6, 6.07) is 2.62. The number of aromatic amines is 1. The van der Waals surface area contributed by atoms with Gasteiger partial charge in [-0.25, -0.2) is 9.97 Å². The third-order valence-electron chi connectivity index (χ3n) is 4.92. The number of nitrogens with zero attached hydrogens (tertiary/aromatic N) is 3. The number of H-pyrrole nitrogens is 1. The fourth-order valence-electron chi connectivity index (χ4n) is 3.71. The van der Waals surface area contributed by atoms with Crippen molar-refractivity contribution in [2.45, 2.75) is 51.2 Å². The minimum absolute atomic E-state index is 0.0108. The Hall–Kier alpha value is -1.88. The Labute approximate surface area is 129 Å². The van der Waals surface area contributed by atoms with E-state index in [-0.39, 0.29) is 6.10 Å². The molecule has 5 heteroatoms. The zero-order valence-electron chi connectivity index (χ0n) is 13.2. The first-order chi connectivity index (χ1) is 10.8. The van der Waals surface area contributed by atoms with Gasteiger partial charge in [-0.1, -0.05) is 19.3 Å². The Morgan fingerprint density at radius 1 is 1.32 bits per heavy atom. The van der Waals surface area contributed by atoms with Crippen LogP contribution in [0.25, 0.3) is 22.1 Å². The highest BCUT2D eigenvalue weighted by molar-refractivity contribution is 6.01. The summed E-state index contributed by atoms with van der Waals surface area (Å²) in [4.78, 5) is 12.5. The summed E-state index contributed by atoms with van der Waals surface area (Å²) in [6.07, 6.45) is 10.2. The van der Waals surface area contributed by atoms with Crippen LogP contribution in [-0.4, -0.2) is 26.6 Å². The summed E-state index contributed by atoms with van der Waals surface area (Å²) in [5.41, 5.74) is 3.11. The lowest BCUT2D eigenvalue weighted by atomic mass is 9.95. The van der Waals surface area contributed by atoms with E-state index < -0.39 is 0 Å². The molecule has 1 aliphatic rings. The van der Waals surface area contributed by atoms with Crippen LogP contribution in [0.5, 0.6) is 0 Å². The Balaban J connectivity index is 2.00. The molecule has 1 fully saturated rings. The van der Waals surface area contributed by atoms with Crippen LogP contribution in [0.3, 0.4) is 0 Å². The molecule has 1 saturated carbocycles. The summed E-state index contributed by atoms with van der Waals surface area (Å²) < 4.78 is 8.01. The lowest BCUT2D eigenvalue weighted by Gasteiger charge is -2.27. The van der Waals surface area contributed by atoms with Gasteiger partial charge in [0.25, 0.3) is 0 Å². The molecule has 0 bridgehead atoms. The van der Waals surface area contributed by atoms with Crippen LogP contribution in [0.1, 0.15) is 57.0 Å². The molecule has 0 aliphatic heterocycles. The van der Waals surface area contributed by atoms with E-state index in [0.717, 1.165) is 22.4 Å². The highest BCUT2D eigenvalue weighted by Gasteiger charge is 2.25. The largest absolute Gasteiger partial charge is 0.374 e. The number of pyridine rings is 1. The number of aromatic nitrogens is 4. The average molecular weight is 298 g/mol. The van der Waals surface area contributed by atoms with E-state index in [9.17, 15) is 0 Å². The number of ether oxygens (including phenoxy) is 1. The van der Waals surface area contributed by atoms with Crippen molar-refractivity contribution in [3.05, 3.63) is 24.3 Å². The van der Waals surface area contributed by atoms with Crippen LogP contribution >= 0.6 is 0 Å². The standard InChI is InChI=1S/C17H22N4O/c1-11(22-2)17-20-14-10-19-16-13(8-9-18-16)15(14)21(17)12-6-4-3-5-7-12/h8-12H,3-7H2,1-2H3,(H,18,19). The number of fused-ring (bicyclic) bond motifs is 3. The second kappa shape index (κ2) is 5.39. The van der Waals surface area contributed by atoms with E-state index in [0.29, 0.717) is 6.04 Å². The maximum Gasteiger partial charge on any atom is 0.139 e. The molecule has 22 heavy (non-hydrogen) atoms. The predicted octanol–water partition coefficient (Wildman–Crippen LogP) is 4.13. The van der Waals surface area contributed by atoms with Gasteiger partial charge >= 0.3 is 0 Å². The third kappa shape index (κ3) is 2.03. The molecule has 0 saturated heterocycles. The van der Waals surface area contributed by atoms with E-state index in [4.69, 9.17) is 9.72 Å². The summed E-state index contributed by atoms with van der Waals surface area (Å²) in [6.45, 7) is 2.07. The topological polar surface area (TPSA) is 55.7 Å². The van der Waals surface area contributed by atoms with Gasteiger partial charge in [0.2, 0.25) is 0 Å². The molecular weight excluding hydrogens is 276 g/mol. The minimum atomic E-state index is -0.0108. The summed E-state index contributed by atoms with van der Waals surface area (Å²) >= 11 is 0. The van der Waals surface area contributed by atoms with Crippen molar-refractivity contribution in [3.63, 3.8) is 0 Å². The molecular formula is C17H22N4O.